The van der Waals surface area contributed by atoms with Crippen LogP contribution < -0.4 is 5.32 Å². The predicted octanol–water partition coefficient (Wildman–Crippen LogP) is 3.97. The van der Waals surface area contributed by atoms with Crippen molar-refractivity contribution in [1.82, 2.24) is 5.32 Å². The molecule has 92 valence electrons. The van der Waals surface area contributed by atoms with E-state index in [9.17, 15) is 0 Å². The summed E-state index contributed by atoms with van der Waals surface area (Å²) < 4.78 is 0. The Morgan fingerprint density at radius 3 is 2.35 bits per heavy atom. The van der Waals surface area contributed by atoms with E-state index in [4.69, 9.17) is 11.6 Å². The summed E-state index contributed by atoms with van der Waals surface area (Å²) in [6.07, 6.45) is 5.25. The summed E-state index contributed by atoms with van der Waals surface area (Å²) >= 11 is 6.22. The fraction of sp³-hybridized carbons (Fsp3) is 0.600. The molecule has 2 fully saturated rings. The molecule has 2 aliphatic rings. The topological polar surface area (TPSA) is 12.0 Å². The molecule has 0 bridgehead atoms. The van der Waals surface area contributed by atoms with Gasteiger partial charge in [0.25, 0.3) is 0 Å². The lowest BCUT2D eigenvalue weighted by Gasteiger charge is -2.43. The predicted molar refractivity (Wildman–Crippen MR) is 72.5 cm³/mol. The summed E-state index contributed by atoms with van der Waals surface area (Å²) in [6, 6.07) is 9.81. The minimum Gasteiger partial charge on any atom is -0.311 e. The summed E-state index contributed by atoms with van der Waals surface area (Å²) in [6.45, 7) is 2.34. The Hall–Kier alpha value is -0.530. The normalized spacial score (nSPS) is 36.1. The smallest absolute Gasteiger partial charge is 0.0440 e. The lowest BCUT2D eigenvalue weighted by atomic mass is 9.73. The van der Waals surface area contributed by atoms with Crippen molar-refractivity contribution in [1.29, 1.82) is 0 Å². The molecule has 0 heterocycles. The molecule has 2 saturated carbocycles. The molecule has 1 aromatic rings. The highest BCUT2D eigenvalue weighted by Crippen LogP contribution is 2.41. The Balaban J connectivity index is 1.50. The van der Waals surface area contributed by atoms with Crippen molar-refractivity contribution in [2.75, 3.05) is 0 Å². The van der Waals surface area contributed by atoms with Gasteiger partial charge in [-0.2, -0.15) is 0 Å². The Morgan fingerprint density at radius 2 is 1.71 bits per heavy atom. The van der Waals surface area contributed by atoms with Gasteiger partial charge in [-0.15, -0.1) is 0 Å². The third kappa shape index (κ3) is 2.36. The summed E-state index contributed by atoms with van der Waals surface area (Å²) in [4.78, 5) is 0. The molecule has 0 spiro atoms. The molecule has 1 aromatic carbocycles. The quantitative estimate of drug-likeness (QED) is 0.855. The fourth-order valence-corrected chi connectivity index (χ4v) is 3.48. The number of hydrogen-bond donors (Lipinski definition) is 1. The highest BCUT2D eigenvalue weighted by molar-refractivity contribution is 6.31. The Morgan fingerprint density at radius 1 is 1.06 bits per heavy atom. The number of hydrogen-bond acceptors (Lipinski definition) is 1. The number of benzene rings is 1. The van der Waals surface area contributed by atoms with E-state index in [1.807, 2.05) is 12.1 Å². The monoisotopic (exact) mass is 249 g/mol. The molecular formula is C15H20ClN. The van der Waals surface area contributed by atoms with E-state index in [0.29, 0.717) is 5.92 Å². The average Bonchev–Trinajstić information content (AvgIpc) is 2.21. The molecule has 0 aliphatic heterocycles. The third-order valence-electron chi connectivity index (χ3n) is 4.33. The van der Waals surface area contributed by atoms with E-state index in [1.54, 1.807) is 0 Å². The van der Waals surface area contributed by atoms with Crippen LogP contribution in [-0.2, 0) is 0 Å². The van der Waals surface area contributed by atoms with Crippen LogP contribution in [0.4, 0.5) is 0 Å². The van der Waals surface area contributed by atoms with Gasteiger partial charge in [0.05, 0.1) is 0 Å². The van der Waals surface area contributed by atoms with Crippen molar-refractivity contribution in [2.24, 2.45) is 5.92 Å². The average molecular weight is 250 g/mol. The first-order chi connectivity index (χ1) is 8.22. The molecule has 3 rings (SSSR count). The second-order valence-electron chi connectivity index (χ2n) is 5.83. The Kier molecular flexibility index (Phi) is 3.14. The molecule has 1 nitrogen and oxygen atoms in total. The van der Waals surface area contributed by atoms with Gasteiger partial charge in [0.2, 0.25) is 0 Å². The van der Waals surface area contributed by atoms with Crippen LogP contribution in [0.3, 0.4) is 0 Å². The van der Waals surface area contributed by atoms with E-state index in [0.717, 1.165) is 23.0 Å². The standard InChI is InChI=1S/C15H20ClN/c1-10-6-12(7-10)17-13-8-11(9-13)14-4-2-3-5-15(14)16/h2-5,10-13,17H,6-9H2,1H3. The first kappa shape index (κ1) is 11.6. The highest BCUT2D eigenvalue weighted by Gasteiger charge is 2.35. The molecule has 0 aromatic heterocycles. The van der Waals surface area contributed by atoms with Gasteiger partial charge in [0.1, 0.15) is 0 Å². The molecule has 0 unspecified atom stereocenters. The zero-order valence-corrected chi connectivity index (χ0v) is 11.1. The van der Waals surface area contributed by atoms with Crippen molar-refractivity contribution in [3.63, 3.8) is 0 Å². The highest BCUT2D eigenvalue weighted by atomic mass is 35.5. The Labute approximate surface area is 109 Å². The van der Waals surface area contributed by atoms with Crippen LogP contribution in [0.1, 0.15) is 44.1 Å². The van der Waals surface area contributed by atoms with Gasteiger partial charge < -0.3 is 5.32 Å². The number of nitrogens with one attached hydrogen (secondary N) is 1. The largest absolute Gasteiger partial charge is 0.311 e. The summed E-state index contributed by atoms with van der Waals surface area (Å²) in [5.41, 5.74) is 1.34. The van der Waals surface area contributed by atoms with Gasteiger partial charge in [-0.1, -0.05) is 36.7 Å². The van der Waals surface area contributed by atoms with Gasteiger partial charge in [-0.3, -0.25) is 0 Å². The van der Waals surface area contributed by atoms with Crippen LogP contribution in [0, 0.1) is 5.92 Å². The maximum Gasteiger partial charge on any atom is 0.0440 e. The van der Waals surface area contributed by atoms with Gasteiger partial charge in [0.15, 0.2) is 0 Å². The van der Waals surface area contributed by atoms with E-state index in [-0.39, 0.29) is 0 Å². The molecule has 0 amide bonds. The molecule has 1 N–H and O–H groups in total. The lowest BCUT2D eigenvalue weighted by molar-refractivity contribution is 0.177. The zero-order valence-electron chi connectivity index (χ0n) is 10.3. The fourth-order valence-electron chi connectivity index (χ4n) is 3.19. The maximum absolute atomic E-state index is 6.22. The van der Waals surface area contributed by atoms with E-state index in [1.165, 1.54) is 31.2 Å². The first-order valence-corrected chi connectivity index (χ1v) is 7.10. The van der Waals surface area contributed by atoms with Crippen molar-refractivity contribution < 1.29 is 0 Å². The minimum atomic E-state index is 0.679. The second kappa shape index (κ2) is 4.62. The molecule has 0 radical (unpaired) electrons. The van der Waals surface area contributed by atoms with Crippen LogP contribution in [0.15, 0.2) is 24.3 Å². The minimum absolute atomic E-state index is 0.679. The van der Waals surface area contributed by atoms with Crippen LogP contribution in [-0.4, -0.2) is 12.1 Å². The maximum atomic E-state index is 6.22. The zero-order chi connectivity index (χ0) is 11.8. The first-order valence-electron chi connectivity index (χ1n) is 6.73. The van der Waals surface area contributed by atoms with Gasteiger partial charge in [-0.05, 0) is 49.1 Å². The van der Waals surface area contributed by atoms with Crippen molar-refractivity contribution >= 4 is 11.6 Å². The van der Waals surface area contributed by atoms with Gasteiger partial charge in [0, 0.05) is 17.1 Å². The van der Waals surface area contributed by atoms with Crippen LogP contribution >= 0.6 is 11.6 Å². The van der Waals surface area contributed by atoms with Crippen LogP contribution in [0.5, 0.6) is 0 Å². The van der Waals surface area contributed by atoms with E-state index in [2.05, 4.69) is 24.4 Å². The summed E-state index contributed by atoms with van der Waals surface area (Å²) in [5, 5.41) is 4.70. The SMILES string of the molecule is CC1CC(NC2CC(c3ccccc3Cl)C2)C1. The van der Waals surface area contributed by atoms with Crippen LogP contribution in [0.2, 0.25) is 5.02 Å². The van der Waals surface area contributed by atoms with Gasteiger partial charge >= 0.3 is 0 Å². The van der Waals surface area contributed by atoms with Gasteiger partial charge in [-0.25, -0.2) is 0 Å². The third-order valence-corrected chi connectivity index (χ3v) is 4.67. The lowest BCUT2D eigenvalue weighted by Crippen LogP contribution is -2.50. The Bertz CT molecular complexity index is 392. The number of halogens is 1. The van der Waals surface area contributed by atoms with E-state index < -0.39 is 0 Å². The summed E-state index contributed by atoms with van der Waals surface area (Å²) in [7, 11) is 0. The van der Waals surface area contributed by atoms with Crippen LogP contribution in [0.25, 0.3) is 0 Å². The number of rotatable bonds is 3. The molecule has 2 aliphatic carbocycles. The summed E-state index contributed by atoms with van der Waals surface area (Å²) in [5.74, 6) is 1.62. The molecule has 2 heteroatoms. The second-order valence-corrected chi connectivity index (χ2v) is 6.23. The van der Waals surface area contributed by atoms with E-state index >= 15 is 0 Å². The molecule has 0 atom stereocenters. The van der Waals surface area contributed by atoms with Crippen molar-refractivity contribution in [3.05, 3.63) is 34.9 Å². The van der Waals surface area contributed by atoms with Crippen molar-refractivity contribution in [3.8, 4) is 0 Å². The molecular weight excluding hydrogens is 230 g/mol. The van der Waals surface area contributed by atoms with Crippen molar-refractivity contribution in [2.45, 2.75) is 50.6 Å². The molecule has 17 heavy (non-hydrogen) atoms. The molecule has 0 saturated heterocycles.